The molecule has 0 bridgehead atoms. The molecule has 0 unspecified atom stereocenters. The van der Waals surface area contributed by atoms with E-state index >= 15 is 0 Å². The average molecular weight is 258 g/mol. The Labute approximate surface area is 113 Å². The van der Waals surface area contributed by atoms with Crippen LogP contribution >= 0.6 is 0 Å². The molecule has 1 aromatic carbocycles. The molecule has 1 heterocycles. The minimum atomic E-state index is -0.0881. The predicted octanol–water partition coefficient (Wildman–Crippen LogP) is 2.34. The number of hydrogen-bond donors (Lipinski definition) is 0. The zero-order valence-electron chi connectivity index (χ0n) is 11.3. The fraction of sp³-hybridized carbons (Fsp3) is 0.467. The SMILES string of the molecule is CC1(C)CCCN1C(=O)COc1ccccc1C#N. The Balaban J connectivity index is 2.00. The van der Waals surface area contributed by atoms with Gasteiger partial charge in [-0.3, -0.25) is 4.79 Å². The third kappa shape index (κ3) is 2.87. The van der Waals surface area contributed by atoms with Gasteiger partial charge >= 0.3 is 0 Å². The summed E-state index contributed by atoms with van der Waals surface area (Å²) < 4.78 is 5.48. The summed E-state index contributed by atoms with van der Waals surface area (Å²) in [5.74, 6) is 0.450. The van der Waals surface area contributed by atoms with E-state index in [4.69, 9.17) is 10.00 Å². The lowest BCUT2D eigenvalue weighted by Gasteiger charge is -2.31. The Kier molecular flexibility index (Phi) is 3.75. The number of rotatable bonds is 3. The van der Waals surface area contributed by atoms with E-state index in [1.807, 2.05) is 4.90 Å². The molecule has 0 aromatic heterocycles. The number of nitrogens with zero attached hydrogens (tertiary/aromatic N) is 2. The Morgan fingerprint density at radius 1 is 1.47 bits per heavy atom. The normalized spacial score (nSPS) is 17.0. The molecule has 0 atom stereocenters. The molecule has 19 heavy (non-hydrogen) atoms. The maximum absolute atomic E-state index is 12.2. The number of carbonyl (C=O) groups excluding carboxylic acids is 1. The van der Waals surface area contributed by atoms with Crippen molar-refractivity contribution >= 4 is 5.91 Å². The van der Waals surface area contributed by atoms with Gasteiger partial charge in [0.25, 0.3) is 5.91 Å². The lowest BCUT2D eigenvalue weighted by Crippen LogP contribution is -2.44. The summed E-state index contributed by atoms with van der Waals surface area (Å²) in [4.78, 5) is 14.0. The molecule has 0 N–H and O–H groups in total. The fourth-order valence-electron chi connectivity index (χ4n) is 2.47. The predicted molar refractivity (Wildman–Crippen MR) is 71.7 cm³/mol. The van der Waals surface area contributed by atoms with Crippen LogP contribution in [0.5, 0.6) is 5.75 Å². The first kappa shape index (κ1) is 13.4. The largest absolute Gasteiger partial charge is 0.482 e. The molecule has 0 radical (unpaired) electrons. The van der Waals surface area contributed by atoms with Crippen molar-refractivity contribution in [3.63, 3.8) is 0 Å². The monoisotopic (exact) mass is 258 g/mol. The van der Waals surface area contributed by atoms with Gasteiger partial charge in [0, 0.05) is 12.1 Å². The smallest absolute Gasteiger partial charge is 0.260 e. The van der Waals surface area contributed by atoms with Gasteiger partial charge in [-0.15, -0.1) is 0 Å². The quantitative estimate of drug-likeness (QED) is 0.836. The molecule has 1 amide bonds. The summed E-state index contributed by atoms with van der Waals surface area (Å²) in [6.07, 6.45) is 2.06. The number of para-hydroxylation sites is 1. The van der Waals surface area contributed by atoms with E-state index in [0.29, 0.717) is 11.3 Å². The van der Waals surface area contributed by atoms with Gasteiger partial charge in [0.05, 0.1) is 5.56 Å². The maximum atomic E-state index is 12.2. The number of carbonyl (C=O) groups is 1. The summed E-state index contributed by atoms with van der Waals surface area (Å²) in [5.41, 5.74) is 0.367. The van der Waals surface area contributed by atoms with E-state index in [0.717, 1.165) is 19.4 Å². The van der Waals surface area contributed by atoms with Crippen molar-refractivity contribution in [1.82, 2.24) is 4.90 Å². The molecule has 0 spiro atoms. The molecule has 1 saturated heterocycles. The lowest BCUT2D eigenvalue weighted by molar-refractivity contribution is -0.136. The van der Waals surface area contributed by atoms with Crippen LogP contribution in [-0.4, -0.2) is 29.5 Å². The molecular formula is C15H18N2O2. The van der Waals surface area contributed by atoms with Crippen LogP contribution in [0.25, 0.3) is 0 Å². The highest BCUT2D eigenvalue weighted by Gasteiger charge is 2.35. The minimum absolute atomic E-state index is 0.0118. The minimum Gasteiger partial charge on any atom is -0.482 e. The first-order valence-electron chi connectivity index (χ1n) is 6.47. The highest BCUT2D eigenvalue weighted by Crippen LogP contribution is 2.28. The van der Waals surface area contributed by atoms with Crippen LogP contribution in [0.15, 0.2) is 24.3 Å². The van der Waals surface area contributed by atoms with Crippen molar-refractivity contribution in [3.05, 3.63) is 29.8 Å². The van der Waals surface area contributed by atoms with E-state index in [1.165, 1.54) is 0 Å². The Morgan fingerprint density at radius 2 is 2.21 bits per heavy atom. The van der Waals surface area contributed by atoms with E-state index in [1.54, 1.807) is 24.3 Å². The number of amides is 1. The molecule has 4 heteroatoms. The van der Waals surface area contributed by atoms with Gasteiger partial charge in [0.2, 0.25) is 0 Å². The van der Waals surface area contributed by atoms with Gasteiger partial charge in [-0.1, -0.05) is 12.1 Å². The molecule has 1 aliphatic rings. The van der Waals surface area contributed by atoms with Crippen molar-refractivity contribution in [2.75, 3.05) is 13.2 Å². The third-order valence-electron chi connectivity index (χ3n) is 3.56. The van der Waals surface area contributed by atoms with Crippen molar-refractivity contribution in [2.24, 2.45) is 0 Å². The van der Waals surface area contributed by atoms with E-state index in [9.17, 15) is 4.79 Å². The molecule has 1 fully saturated rings. The lowest BCUT2D eigenvalue weighted by atomic mass is 10.0. The number of benzene rings is 1. The number of hydrogen-bond acceptors (Lipinski definition) is 3. The molecule has 0 aliphatic carbocycles. The first-order valence-corrected chi connectivity index (χ1v) is 6.47. The van der Waals surface area contributed by atoms with Crippen molar-refractivity contribution in [1.29, 1.82) is 5.26 Å². The second kappa shape index (κ2) is 5.31. The molecule has 2 rings (SSSR count). The standard InChI is InChI=1S/C15H18N2O2/c1-15(2)8-5-9-17(15)14(18)11-19-13-7-4-3-6-12(13)10-16/h3-4,6-7H,5,8-9,11H2,1-2H3. The summed E-state index contributed by atoms with van der Waals surface area (Å²) in [5, 5.41) is 8.95. The first-order chi connectivity index (χ1) is 9.04. The molecule has 1 aliphatic heterocycles. The Morgan fingerprint density at radius 3 is 2.84 bits per heavy atom. The number of likely N-dealkylation sites (tertiary alicyclic amines) is 1. The van der Waals surface area contributed by atoms with E-state index in [2.05, 4.69) is 19.9 Å². The van der Waals surface area contributed by atoms with Gasteiger partial charge in [-0.2, -0.15) is 5.26 Å². The Hall–Kier alpha value is -2.02. The third-order valence-corrected chi connectivity index (χ3v) is 3.56. The molecule has 1 aromatic rings. The fourth-order valence-corrected chi connectivity index (χ4v) is 2.47. The van der Waals surface area contributed by atoms with Crippen LogP contribution in [0, 0.1) is 11.3 Å². The van der Waals surface area contributed by atoms with Gasteiger partial charge < -0.3 is 9.64 Å². The van der Waals surface area contributed by atoms with Crippen LogP contribution < -0.4 is 4.74 Å². The summed E-state index contributed by atoms with van der Waals surface area (Å²) in [7, 11) is 0. The molecule has 4 nitrogen and oxygen atoms in total. The Bertz CT molecular complexity index is 517. The van der Waals surface area contributed by atoms with Crippen LogP contribution in [0.3, 0.4) is 0 Å². The topological polar surface area (TPSA) is 53.3 Å². The van der Waals surface area contributed by atoms with Gasteiger partial charge in [0.15, 0.2) is 6.61 Å². The van der Waals surface area contributed by atoms with E-state index in [-0.39, 0.29) is 18.1 Å². The van der Waals surface area contributed by atoms with Crippen LogP contribution in [-0.2, 0) is 4.79 Å². The van der Waals surface area contributed by atoms with Crippen molar-refractivity contribution < 1.29 is 9.53 Å². The highest BCUT2D eigenvalue weighted by atomic mass is 16.5. The zero-order chi connectivity index (χ0) is 13.9. The van der Waals surface area contributed by atoms with E-state index < -0.39 is 0 Å². The van der Waals surface area contributed by atoms with Crippen LogP contribution in [0.1, 0.15) is 32.3 Å². The van der Waals surface area contributed by atoms with Gasteiger partial charge in [-0.05, 0) is 38.8 Å². The molecule has 0 saturated carbocycles. The average Bonchev–Trinajstić information content (AvgIpc) is 2.76. The summed E-state index contributed by atoms with van der Waals surface area (Å²) in [6, 6.07) is 9.01. The maximum Gasteiger partial charge on any atom is 0.260 e. The van der Waals surface area contributed by atoms with Gasteiger partial charge in [-0.25, -0.2) is 0 Å². The van der Waals surface area contributed by atoms with Crippen molar-refractivity contribution in [2.45, 2.75) is 32.2 Å². The number of nitriles is 1. The van der Waals surface area contributed by atoms with Crippen LogP contribution in [0.4, 0.5) is 0 Å². The molecular weight excluding hydrogens is 240 g/mol. The number of ether oxygens (including phenoxy) is 1. The van der Waals surface area contributed by atoms with Crippen molar-refractivity contribution in [3.8, 4) is 11.8 Å². The van der Waals surface area contributed by atoms with Crippen LogP contribution in [0.2, 0.25) is 0 Å². The summed E-state index contributed by atoms with van der Waals surface area (Å²) in [6.45, 7) is 4.92. The zero-order valence-corrected chi connectivity index (χ0v) is 11.3. The second-order valence-electron chi connectivity index (χ2n) is 5.36. The van der Waals surface area contributed by atoms with Gasteiger partial charge in [0.1, 0.15) is 11.8 Å². The highest BCUT2D eigenvalue weighted by molar-refractivity contribution is 5.79. The summed E-state index contributed by atoms with van der Waals surface area (Å²) >= 11 is 0. The second-order valence-corrected chi connectivity index (χ2v) is 5.36. The molecule has 100 valence electrons.